The molecule has 1 rings (SSSR count). The van der Waals surface area contributed by atoms with Crippen molar-refractivity contribution in [3.63, 3.8) is 0 Å². The van der Waals surface area contributed by atoms with E-state index in [1.54, 1.807) is 6.92 Å². The van der Waals surface area contributed by atoms with Crippen molar-refractivity contribution >= 4 is 28.6 Å². The van der Waals surface area contributed by atoms with Crippen LogP contribution in [0.1, 0.15) is 30.5 Å². The molecule has 0 saturated heterocycles. The predicted molar refractivity (Wildman–Crippen MR) is 73.6 cm³/mol. The first-order valence-corrected chi connectivity index (χ1v) is 6.57. The molecule has 0 unspecified atom stereocenters. The van der Waals surface area contributed by atoms with Gasteiger partial charge in [0.2, 0.25) is 0 Å². The first-order chi connectivity index (χ1) is 8.12. The average Bonchev–Trinajstić information content (AvgIpc) is 2.31. The van der Waals surface area contributed by atoms with Crippen LogP contribution in [0.25, 0.3) is 0 Å². The third kappa shape index (κ3) is 3.70. The highest BCUT2D eigenvalue weighted by Crippen LogP contribution is 2.21. The normalized spacial score (nSPS) is 9.76. The van der Waals surface area contributed by atoms with Crippen LogP contribution >= 0.6 is 22.6 Å². The molecular weight excluding hydrogens is 329 g/mol. The fourth-order valence-electron chi connectivity index (χ4n) is 1.53. The third-order valence-electron chi connectivity index (χ3n) is 2.41. The Kier molecular flexibility index (Phi) is 5.42. The number of aryl methyl sites for hydroxylation is 1. The van der Waals surface area contributed by atoms with Crippen molar-refractivity contribution in [1.29, 1.82) is 5.26 Å². The van der Waals surface area contributed by atoms with Crippen molar-refractivity contribution < 1.29 is 9.53 Å². The van der Waals surface area contributed by atoms with Gasteiger partial charge >= 0.3 is 5.97 Å². The van der Waals surface area contributed by atoms with Crippen LogP contribution in [0, 0.1) is 14.9 Å². The molecule has 0 radical (unpaired) electrons. The van der Waals surface area contributed by atoms with Gasteiger partial charge in [-0.2, -0.15) is 5.26 Å². The number of hydrogen-bond donors (Lipinski definition) is 0. The molecular formula is C13H14INO2. The Bertz CT molecular complexity index is 463. The largest absolute Gasteiger partial charge is 0.466 e. The van der Waals surface area contributed by atoms with Gasteiger partial charge in [-0.15, -0.1) is 0 Å². The van der Waals surface area contributed by atoms with E-state index in [0.717, 1.165) is 21.1 Å². The molecule has 4 heteroatoms. The third-order valence-corrected chi connectivity index (χ3v) is 3.37. The number of ether oxygens (including phenoxy) is 1. The van der Waals surface area contributed by atoms with Crippen molar-refractivity contribution in [2.24, 2.45) is 0 Å². The van der Waals surface area contributed by atoms with E-state index in [0.29, 0.717) is 12.2 Å². The van der Waals surface area contributed by atoms with E-state index in [-0.39, 0.29) is 12.4 Å². The molecule has 0 bridgehead atoms. The van der Waals surface area contributed by atoms with E-state index < -0.39 is 0 Å². The van der Waals surface area contributed by atoms with Crippen LogP contribution in [0.2, 0.25) is 0 Å². The second-order valence-corrected chi connectivity index (χ2v) is 4.71. The summed E-state index contributed by atoms with van der Waals surface area (Å²) in [6.07, 6.45) is 1.05. The lowest BCUT2D eigenvalue weighted by molar-refractivity contribution is -0.142. The van der Waals surface area contributed by atoms with E-state index >= 15 is 0 Å². The number of rotatable bonds is 4. The average molecular weight is 343 g/mol. The Labute approximate surface area is 115 Å². The zero-order valence-corrected chi connectivity index (χ0v) is 12.1. The molecule has 3 nitrogen and oxygen atoms in total. The Morgan fingerprint density at radius 3 is 2.71 bits per heavy atom. The highest BCUT2D eigenvalue weighted by atomic mass is 127. The van der Waals surface area contributed by atoms with E-state index in [2.05, 4.69) is 28.7 Å². The minimum atomic E-state index is -0.286. The van der Waals surface area contributed by atoms with Crippen LogP contribution in [-0.4, -0.2) is 12.6 Å². The molecule has 0 amide bonds. The molecule has 0 aliphatic carbocycles. The molecule has 0 saturated carbocycles. The summed E-state index contributed by atoms with van der Waals surface area (Å²) >= 11 is 2.16. The van der Waals surface area contributed by atoms with Crippen molar-refractivity contribution in [2.75, 3.05) is 6.61 Å². The van der Waals surface area contributed by atoms with Crippen LogP contribution in [0.5, 0.6) is 0 Å². The lowest BCUT2D eigenvalue weighted by atomic mass is 10.0. The number of nitriles is 1. The van der Waals surface area contributed by atoms with Gasteiger partial charge in [-0.05, 0) is 59.2 Å². The lowest BCUT2D eigenvalue weighted by Gasteiger charge is -2.09. The van der Waals surface area contributed by atoms with Crippen molar-refractivity contribution in [2.45, 2.75) is 26.7 Å². The van der Waals surface area contributed by atoms with Crippen LogP contribution in [-0.2, 0) is 22.4 Å². The summed E-state index contributed by atoms with van der Waals surface area (Å²) in [4.78, 5) is 11.5. The Balaban J connectivity index is 3.07. The zero-order valence-electron chi connectivity index (χ0n) is 9.92. The minimum absolute atomic E-state index is 0.166. The molecule has 1 aromatic carbocycles. The number of halogens is 1. The van der Waals surface area contributed by atoms with Gasteiger partial charge in [0.25, 0.3) is 0 Å². The summed E-state index contributed by atoms with van der Waals surface area (Å²) in [5.41, 5.74) is 2.45. The first-order valence-electron chi connectivity index (χ1n) is 5.49. The van der Waals surface area contributed by atoms with Crippen LogP contribution < -0.4 is 0 Å². The molecule has 0 heterocycles. The lowest BCUT2D eigenvalue weighted by Crippen LogP contribution is -2.10. The Hall–Kier alpha value is -1.09. The maximum Gasteiger partial charge on any atom is 0.310 e. The topological polar surface area (TPSA) is 50.1 Å². The second kappa shape index (κ2) is 6.60. The SMILES string of the molecule is CCOC(=O)Cc1c(I)cc(CC)cc1C#N. The number of carbonyl (C=O) groups excluding carboxylic acids is 1. The van der Waals surface area contributed by atoms with Crippen molar-refractivity contribution in [3.05, 3.63) is 32.4 Å². The highest BCUT2D eigenvalue weighted by molar-refractivity contribution is 14.1. The smallest absolute Gasteiger partial charge is 0.310 e. The monoisotopic (exact) mass is 343 g/mol. The fraction of sp³-hybridized carbons (Fsp3) is 0.385. The summed E-state index contributed by atoms with van der Waals surface area (Å²) in [5.74, 6) is -0.286. The minimum Gasteiger partial charge on any atom is -0.466 e. The van der Waals surface area contributed by atoms with Gasteiger partial charge in [0.05, 0.1) is 24.7 Å². The van der Waals surface area contributed by atoms with Gasteiger partial charge in [-0.1, -0.05) is 6.92 Å². The van der Waals surface area contributed by atoms with E-state index in [1.165, 1.54) is 0 Å². The number of benzene rings is 1. The molecule has 0 spiro atoms. The number of carbonyl (C=O) groups is 1. The molecule has 0 atom stereocenters. The van der Waals surface area contributed by atoms with Crippen molar-refractivity contribution in [3.8, 4) is 6.07 Å². The maximum atomic E-state index is 11.5. The number of esters is 1. The summed E-state index contributed by atoms with van der Waals surface area (Å²) in [5, 5.41) is 9.10. The van der Waals surface area contributed by atoms with Crippen LogP contribution in [0.4, 0.5) is 0 Å². The molecule has 0 aliphatic rings. The van der Waals surface area contributed by atoms with Crippen LogP contribution in [0.15, 0.2) is 12.1 Å². The Morgan fingerprint density at radius 1 is 1.47 bits per heavy atom. The maximum absolute atomic E-state index is 11.5. The zero-order chi connectivity index (χ0) is 12.8. The number of hydrogen-bond acceptors (Lipinski definition) is 3. The van der Waals surface area contributed by atoms with Gasteiger partial charge in [-0.3, -0.25) is 4.79 Å². The van der Waals surface area contributed by atoms with Gasteiger partial charge in [-0.25, -0.2) is 0 Å². The molecule has 0 aliphatic heterocycles. The summed E-state index contributed by atoms with van der Waals surface area (Å²) < 4.78 is 5.86. The molecule has 17 heavy (non-hydrogen) atoms. The van der Waals surface area contributed by atoms with Gasteiger partial charge in [0.15, 0.2) is 0 Å². The summed E-state index contributed by atoms with van der Waals surface area (Å²) in [7, 11) is 0. The van der Waals surface area contributed by atoms with Gasteiger partial charge in [0.1, 0.15) is 0 Å². The first kappa shape index (κ1) is 14.0. The molecule has 0 N–H and O–H groups in total. The van der Waals surface area contributed by atoms with Crippen molar-refractivity contribution in [1.82, 2.24) is 0 Å². The van der Waals surface area contributed by atoms with Gasteiger partial charge < -0.3 is 4.74 Å². The summed E-state index contributed by atoms with van der Waals surface area (Å²) in [6.45, 7) is 4.18. The summed E-state index contributed by atoms with van der Waals surface area (Å²) in [6, 6.07) is 6.00. The second-order valence-electron chi connectivity index (χ2n) is 3.55. The number of nitrogens with zero attached hydrogens (tertiary/aromatic N) is 1. The fourth-order valence-corrected chi connectivity index (χ4v) is 2.41. The van der Waals surface area contributed by atoms with E-state index in [4.69, 9.17) is 10.00 Å². The Morgan fingerprint density at radius 2 is 2.18 bits per heavy atom. The highest BCUT2D eigenvalue weighted by Gasteiger charge is 2.13. The molecule has 0 fully saturated rings. The molecule has 90 valence electrons. The van der Waals surface area contributed by atoms with E-state index in [9.17, 15) is 4.79 Å². The van der Waals surface area contributed by atoms with Gasteiger partial charge in [0, 0.05) is 3.57 Å². The van der Waals surface area contributed by atoms with Crippen LogP contribution in [0.3, 0.4) is 0 Å². The standard InChI is InChI=1S/C13H14INO2/c1-3-9-5-10(8-15)11(12(14)6-9)7-13(16)17-4-2/h5-6H,3-4,7H2,1-2H3. The molecule has 1 aromatic rings. The van der Waals surface area contributed by atoms with E-state index in [1.807, 2.05) is 19.1 Å². The molecule has 0 aromatic heterocycles. The predicted octanol–water partition coefficient (Wildman–Crippen LogP) is 2.83. The quantitative estimate of drug-likeness (QED) is 0.624.